The first-order chi connectivity index (χ1) is 6.81. The van der Waals surface area contributed by atoms with Crippen LogP contribution in [0.3, 0.4) is 0 Å². The molecule has 1 heterocycles. The Morgan fingerprint density at radius 2 is 2.36 bits per heavy atom. The van der Waals surface area contributed by atoms with E-state index in [-0.39, 0.29) is 6.61 Å². The number of aliphatic hydroxyl groups excluding tert-OH is 1. The van der Waals surface area contributed by atoms with E-state index in [4.69, 9.17) is 10.8 Å². The molecule has 4 heteroatoms. The summed E-state index contributed by atoms with van der Waals surface area (Å²) in [6, 6.07) is 5.96. The fraction of sp³-hybridized carbons (Fsp3) is 0.400. The van der Waals surface area contributed by atoms with E-state index in [0.717, 1.165) is 23.7 Å². The normalized spacial score (nSPS) is 15.4. The van der Waals surface area contributed by atoms with Crippen LogP contribution in [0.15, 0.2) is 23.1 Å². The highest BCUT2D eigenvalue weighted by Crippen LogP contribution is 2.35. The maximum Gasteiger partial charge on any atom is 0.0606 e. The van der Waals surface area contributed by atoms with Gasteiger partial charge in [-0.1, -0.05) is 0 Å². The van der Waals surface area contributed by atoms with Crippen LogP contribution in [-0.2, 0) is 0 Å². The quantitative estimate of drug-likeness (QED) is 0.720. The van der Waals surface area contributed by atoms with Crippen molar-refractivity contribution < 1.29 is 5.11 Å². The summed E-state index contributed by atoms with van der Waals surface area (Å²) in [6.45, 7) is 1.87. The maximum absolute atomic E-state index is 8.93. The van der Waals surface area contributed by atoms with Crippen molar-refractivity contribution in [3.05, 3.63) is 18.2 Å². The molecule has 0 radical (unpaired) electrons. The minimum absolute atomic E-state index is 0.193. The van der Waals surface area contributed by atoms with Gasteiger partial charge in [-0.25, -0.2) is 0 Å². The molecule has 0 saturated heterocycles. The zero-order valence-electron chi connectivity index (χ0n) is 7.94. The zero-order chi connectivity index (χ0) is 9.97. The van der Waals surface area contributed by atoms with Crippen molar-refractivity contribution in [1.29, 1.82) is 0 Å². The molecule has 0 aliphatic carbocycles. The van der Waals surface area contributed by atoms with Gasteiger partial charge < -0.3 is 15.7 Å². The number of anilines is 2. The smallest absolute Gasteiger partial charge is 0.0606 e. The summed E-state index contributed by atoms with van der Waals surface area (Å²) in [7, 11) is 0. The van der Waals surface area contributed by atoms with Gasteiger partial charge in [0.05, 0.1) is 12.3 Å². The zero-order valence-corrected chi connectivity index (χ0v) is 8.76. The molecule has 0 unspecified atom stereocenters. The second-order valence-electron chi connectivity index (χ2n) is 3.29. The minimum Gasteiger partial charge on any atom is -0.399 e. The van der Waals surface area contributed by atoms with Crippen molar-refractivity contribution in [1.82, 2.24) is 0 Å². The van der Waals surface area contributed by atoms with Crippen molar-refractivity contribution >= 4 is 23.1 Å². The van der Waals surface area contributed by atoms with Gasteiger partial charge in [0.1, 0.15) is 0 Å². The van der Waals surface area contributed by atoms with E-state index in [1.54, 1.807) is 0 Å². The Hall–Kier alpha value is -0.870. The van der Waals surface area contributed by atoms with E-state index in [1.807, 2.05) is 23.9 Å². The number of fused-ring (bicyclic) bond motifs is 1. The second kappa shape index (κ2) is 4.11. The number of nitrogen functional groups attached to an aromatic ring is 1. The summed E-state index contributed by atoms with van der Waals surface area (Å²) in [5, 5.41) is 8.93. The van der Waals surface area contributed by atoms with Crippen LogP contribution < -0.4 is 10.6 Å². The van der Waals surface area contributed by atoms with Crippen LogP contribution in [0, 0.1) is 0 Å². The number of benzene rings is 1. The molecule has 0 fully saturated rings. The van der Waals surface area contributed by atoms with Crippen LogP contribution in [0.25, 0.3) is 0 Å². The lowest BCUT2D eigenvalue weighted by Gasteiger charge is -2.30. The molecule has 3 N–H and O–H groups in total. The van der Waals surface area contributed by atoms with E-state index in [0.29, 0.717) is 6.54 Å². The predicted octanol–water partition coefficient (Wildman–Crippen LogP) is 1.17. The van der Waals surface area contributed by atoms with Gasteiger partial charge in [0, 0.05) is 29.4 Å². The Kier molecular flexibility index (Phi) is 2.84. The summed E-state index contributed by atoms with van der Waals surface area (Å²) in [5.74, 6) is 1.08. The number of thioether (sulfide) groups is 1. The molecule has 0 atom stereocenters. The summed E-state index contributed by atoms with van der Waals surface area (Å²) < 4.78 is 0. The molecular weight excluding hydrogens is 196 g/mol. The summed E-state index contributed by atoms with van der Waals surface area (Å²) >= 11 is 1.85. The molecule has 1 aromatic rings. The fourth-order valence-corrected chi connectivity index (χ4v) is 2.67. The highest BCUT2D eigenvalue weighted by atomic mass is 32.2. The Labute approximate surface area is 87.9 Å². The Morgan fingerprint density at radius 1 is 1.50 bits per heavy atom. The third-order valence-electron chi connectivity index (χ3n) is 2.31. The fourth-order valence-electron chi connectivity index (χ4n) is 1.64. The van der Waals surface area contributed by atoms with E-state index in [9.17, 15) is 0 Å². The first-order valence-corrected chi connectivity index (χ1v) is 5.68. The molecule has 1 aromatic carbocycles. The van der Waals surface area contributed by atoms with Crippen LogP contribution in [0.4, 0.5) is 11.4 Å². The molecule has 3 nitrogen and oxygen atoms in total. The molecule has 0 aromatic heterocycles. The number of hydrogen-bond donors (Lipinski definition) is 2. The van der Waals surface area contributed by atoms with Gasteiger partial charge in [0.2, 0.25) is 0 Å². The third-order valence-corrected chi connectivity index (χ3v) is 3.36. The Balaban J connectivity index is 2.32. The number of nitrogens with two attached hydrogens (primary N) is 1. The largest absolute Gasteiger partial charge is 0.399 e. The van der Waals surface area contributed by atoms with E-state index in [2.05, 4.69) is 11.0 Å². The Bertz CT molecular complexity index is 330. The molecule has 1 aliphatic rings. The van der Waals surface area contributed by atoms with Crippen molar-refractivity contribution in [3.8, 4) is 0 Å². The van der Waals surface area contributed by atoms with Crippen LogP contribution >= 0.6 is 11.8 Å². The van der Waals surface area contributed by atoms with Crippen molar-refractivity contribution in [2.45, 2.75) is 4.90 Å². The van der Waals surface area contributed by atoms with Crippen molar-refractivity contribution in [2.24, 2.45) is 0 Å². The van der Waals surface area contributed by atoms with Crippen LogP contribution in [-0.4, -0.2) is 30.6 Å². The van der Waals surface area contributed by atoms with E-state index < -0.39 is 0 Å². The molecule has 0 spiro atoms. The third kappa shape index (κ3) is 1.81. The standard InChI is InChI=1S/C10H14N2OS/c11-8-1-2-10-9(7-8)12(3-5-13)4-6-14-10/h1-2,7,13H,3-6,11H2. The van der Waals surface area contributed by atoms with Gasteiger partial charge >= 0.3 is 0 Å². The first kappa shape index (κ1) is 9.68. The lowest BCUT2D eigenvalue weighted by molar-refractivity contribution is 0.302. The lowest BCUT2D eigenvalue weighted by Crippen LogP contribution is -2.31. The second-order valence-corrected chi connectivity index (χ2v) is 4.42. The summed E-state index contributed by atoms with van der Waals surface area (Å²) in [6.07, 6.45) is 0. The number of aliphatic hydroxyl groups is 1. The maximum atomic E-state index is 8.93. The SMILES string of the molecule is Nc1ccc2c(c1)N(CCO)CCS2. The molecule has 2 rings (SSSR count). The predicted molar refractivity (Wildman–Crippen MR) is 60.9 cm³/mol. The highest BCUT2D eigenvalue weighted by Gasteiger charge is 2.16. The van der Waals surface area contributed by atoms with E-state index in [1.165, 1.54) is 4.90 Å². The number of hydrogen-bond acceptors (Lipinski definition) is 4. The van der Waals surface area contributed by atoms with Crippen LogP contribution in [0.1, 0.15) is 0 Å². The van der Waals surface area contributed by atoms with Crippen LogP contribution in [0.5, 0.6) is 0 Å². The van der Waals surface area contributed by atoms with Crippen LogP contribution in [0.2, 0.25) is 0 Å². The molecule has 76 valence electrons. The Morgan fingerprint density at radius 3 is 3.14 bits per heavy atom. The molecular formula is C10H14N2OS. The molecule has 0 bridgehead atoms. The van der Waals surface area contributed by atoms with E-state index >= 15 is 0 Å². The van der Waals surface area contributed by atoms with Crippen molar-refractivity contribution in [2.75, 3.05) is 36.1 Å². The van der Waals surface area contributed by atoms with Gasteiger partial charge in [-0.3, -0.25) is 0 Å². The molecule has 14 heavy (non-hydrogen) atoms. The molecule has 1 aliphatic heterocycles. The van der Waals surface area contributed by atoms with Crippen molar-refractivity contribution in [3.63, 3.8) is 0 Å². The topological polar surface area (TPSA) is 49.5 Å². The van der Waals surface area contributed by atoms with Gasteiger partial charge in [-0.05, 0) is 18.2 Å². The van der Waals surface area contributed by atoms with Gasteiger partial charge in [-0.2, -0.15) is 0 Å². The molecule has 0 amide bonds. The number of rotatable bonds is 2. The number of β-amino-alcohol motifs (C(OH)–C–C–N with tert-alkyl or cyclic N) is 1. The van der Waals surface area contributed by atoms with Gasteiger partial charge in [-0.15, -0.1) is 11.8 Å². The monoisotopic (exact) mass is 210 g/mol. The average Bonchev–Trinajstić information content (AvgIpc) is 2.19. The minimum atomic E-state index is 0.193. The number of nitrogens with zero attached hydrogens (tertiary/aromatic N) is 1. The first-order valence-electron chi connectivity index (χ1n) is 4.69. The van der Waals surface area contributed by atoms with Gasteiger partial charge in [0.25, 0.3) is 0 Å². The molecule has 0 saturated carbocycles. The lowest BCUT2D eigenvalue weighted by atomic mass is 10.2. The summed E-state index contributed by atoms with van der Waals surface area (Å²) in [4.78, 5) is 3.45. The summed E-state index contributed by atoms with van der Waals surface area (Å²) in [5.41, 5.74) is 7.69. The average molecular weight is 210 g/mol. The highest BCUT2D eigenvalue weighted by molar-refractivity contribution is 7.99. The van der Waals surface area contributed by atoms with Gasteiger partial charge in [0.15, 0.2) is 0 Å².